The lowest BCUT2D eigenvalue weighted by molar-refractivity contribution is -0.201. The lowest BCUT2D eigenvalue weighted by Gasteiger charge is -2.53. The molecule has 0 saturated carbocycles. The molecule has 0 radical (unpaired) electrons. The number of ether oxygens (including phenoxy) is 3. The largest absolute Gasteiger partial charge is 0.381 e. The average Bonchev–Trinajstić information content (AvgIpc) is 2.98. The summed E-state index contributed by atoms with van der Waals surface area (Å²) in [6.07, 6.45) is 4.81. The smallest absolute Gasteiger partial charge is 0.0959 e. The van der Waals surface area contributed by atoms with Crippen molar-refractivity contribution in [3.63, 3.8) is 0 Å². The normalized spacial score (nSPS) is 28.1. The highest BCUT2D eigenvalue weighted by atomic mass is 32.1. The summed E-state index contributed by atoms with van der Waals surface area (Å²) in [6, 6.07) is 4.47. The van der Waals surface area contributed by atoms with E-state index in [9.17, 15) is 0 Å². The SMILES string of the molecule is Cc1ccc(CN2CC3(C[C@H](OCC4CCOCC4)CCO3)C2)s1. The van der Waals surface area contributed by atoms with Crippen LogP contribution in [0.1, 0.15) is 35.4 Å². The molecule has 24 heavy (non-hydrogen) atoms. The van der Waals surface area contributed by atoms with E-state index in [1.54, 1.807) is 0 Å². The van der Waals surface area contributed by atoms with Crippen LogP contribution in [0.3, 0.4) is 0 Å². The van der Waals surface area contributed by atoms with Gasteiger partial charge in [0.1, 0.15) is 0 Å². The molecule has 0 unspecified atom stereocenters. The van der Waals surface area contributed by atoms with Crippen molar-refractivity contribution in [3.05, 3.63) is 21.9 Å². The zero-order valence-electron chi connectivity index (χ0n) is 14.7. The Bertz CT molecular complexity index is 534. The molecule has 4 rings (SSSR count). The molecular weight excluding hydrogens is 322 g/mol. The Morgan fingerprint density at radius 1 is 1.21 bits per heavy atom. The highest BCUT2D eigenvalue weighted by molar-refractivity contribution is 7.11. The molecule has 3 saturated heterocycles. The van der Waals surface area contributed by atoms with Crippen molar-refractivity contribution >= 4 is 11.3 Å². The second-order valence-corrected chi connectivity index (χ2v) is 9.07. The topological polar surface area (TPSA) is 30.9 Å². The molecule has 1 atom stereocenters. The molecule has 1 aromatic rings. The molecule has 0 aromatic carbocycles. The maximum Gasteiger partial charge on any atom is 0.0959 e. The van der Waals surface area contributed by atoms with Crippen LogP contribution < -0.4 is 0 Å². The van der Waals surface area contributed by atoms with Gasteiger partial charge in [-0.1, -0.05) is 0 Å². The first-order chi connectivity index (χ1) is 11.7. The van der Waals surface area contributed by atoms with Crippen molar-refractivity contribution in [2.45, 2.75) is 50.9 Å². The van der Waals surface area contributed by atoms with Gasteiger partial charge in [-0.3, -0.25) is 4.90 Å². The van der Waals surface area contributed by atoms with Crippen LogP contribution in [0.15, 0.2) is 12.1 Å². The van der Waals surface area contributed by atoms with E-state index in [1.807, 2.05) is 11.3 Å². The number of hydrogen-bond acceptors (Lipinski definition) is 5. The maximum atomic E-state index is 6.26. The molecule has 0 bridgehead atoms. The van der Waals surface area contributed by atoms with Crippen LogP contribution in [0.25, 0.3) is 0 Å². The van der Waals surface area contributed by atoms with Gasteiger partial charge in [-0.05, 0) is 44.2 Å². The third-order valence-electron chi connectivity index (χ3n) is 5.56. The van der Waals surface area contributed by atoms with Gasteiger partial charge in [-0.2, -0.15) is 0 Å². The monoisotopic (exact) mass is 351 g/mol. The van der Waals surface area contributed by atoms with Gasteiger partial charge in [0.15, 0.2) is 0 Å². The van der Waals surface area contributed by atoms with Crippen LogP contribution in [-0.4, -0.2) is 56.1 Å². The standard InChI is InChI=1S/C19H29NO3S/c1-15-2-3-18(24-15)11-20-13-19(14-20)10-17(6-9-23-19)22-12-16-4-7-21-8-5-16/h2-3,16-17H,4-14H2,1H3/t17-/m1/s1. The van der Waals surface area contributed by atoms with E-state index in [0.29, 0.717) is 12.0 Å². The Morgan fingerprint density at radius 3 is 2.79 bits per heavy atom. The molecule has 0 N–H and O–H groups in total. The molecule has 3 fully saturated rings. The van der Waals surface area contributed by atoms with Gasteiger partial charge in [0.05, 0.1) is 11.7 Å². The van der Waals surface area contributed by atoms with E-state index in [2.05, 4.69) is 24.0 Å². The van der Waals surface area contributed by atoms with E-state index in [-0.39, 0.29) is 5.60 Å². The van der Waals surface area contributed by atoms with Crippen molar-refractivity contribution in [3.8, 4) is 0 Å². The summed E-state index contributed by atoms with van der Waals surface area (Å²) in [5.74, 6) is 0.692. The van der Waals surface area contributed by atoms with Gasteiger partial charge in [-0.25, -0.2) is 0 Å². The van der Waals surface area contributed by atoms with E-state index >= 15 is 0 Å². The Balaban J connectivity index is 1.22. The number of nitrogens with zero attached hydrogens (tertiary/aromatic N) is 1. The van der Waals surface area contributed by atoms with Gasteiger partial charge >= 0.3 is 0 Å². The molecule has 1 aromatic heterocycles. The van der Waals surface area contributed by atoms with Gasteiger partial charge in [0.25, 0.3) is 0 Å². The van der Waals surface area contributed by atoms with E-state index < -0.39 is 0 Å². The fraction of sp³-hybridized carbons (Fsp3) is 0.789. The van der Waals surface area contributed by atoms with Crippen LogP contribution in [0.2, 0.25) is 0 Å². The zero-order chi connectivity index (χ0) is 16.4. The van der Waals surface area contributed by atoms with Crippen LogP contribution in [0, 0.1) is 12.8 Å². The third-order valence-corrected chi connectivity index (χ3v) is 6.54. The van der Waals surface area contributed by atoms with Crippen LogP contribution in [0.4, 0.5) is 0 Å². The predicted molar refractivity (Wildman–Crippen MR) is 95.5 cm³/mol. The van der Waals surface area contributed by atoms with Gasteiger partial charge in [0.2, 0.25) is 0 Å². The number of likely N-dealkylation sites (tertiary alicyclic amines) is 1. The summed E-state index contributed by atoms with van der Waals surface area (Å²) in [5, 5.41) is 0. The number of hydrogen-bond donors (Lipinski definition) is 0. The Hall–Kier alpha value is -0.460. The molecule has 0 aliphatic carbocycles. The molecule has 3 aliphatic heterocycles. The summed E-state index contributed by atoms with van der Waals surface area (Å²) >= 11 is 1.91. The summed E-state index contributed by atoms with van der Waals surface area (Å²) in [5.41, 5.74) is 0.0604. The van der Waals surface area contributed by atoms with Crippen molar-refractivity contribution in [1.29, 1.82) is 0 Å². The first-order valence-corrected chi connectivity index (χ1v) is 10.1. The van der Waals surface area contributed by atoms with E-state index in [4.69, 9.17) is 14.2 Å². The summed E-state index contributed by atoms with van der Waals surface area (Å²) < 4.78 is 17.8. The first-order valence-electron chi connectivity index (χ1n) is 9.32. The van der Waals surface area contributed by atoms with Crippen molar-refractivity contribution in [2.24, 2.45) is 5.92 Å². The van der Waals surface area contributed by atoms with Gasteiger partial charge < -0.3 is 14.2 Å². The van der Waals surface area contributed by atoms with E-state index in [1.165, 1.54) is 9.75 Å². The van der Waals surface area contributed by atoms with Gasteiger partial charge in [0, 0.05) is 62.2 Å². The lowest BCUT2D eigenvalue weighted by Crippen LogP contribution is -2.65. The van der Waals surface area contributed by atoms with Crippen LogP contribution >= 0.6 is 11.3 Å². The second kappa shape index (κ2) is 7.42. The Kier molecular flexibility index (Phi) is 5.25. The third kappa shape index (κ3) is 4.02. The molecular formula is C19H29NO3S. The molecule has 5 heteroatoms. The average molecular weight is 352 g/mol. The van der Waals surface area contributed by atoms with Crippen molar-refractivity contribution in [2.75, 3.05) is 39.5 Å². The minimum absolute atomic E-state index is 0.0604. The fourth-order valence-corrected chi connectivity index (χ4v) is 5.13. The predicted octanol–water partition coefficient (Wildman–Crippen LogP) is 3.23. The minimum Gasteiger partial charge on any atom is -0.381 e. The quantitative estimate of drug-likeness (QED) is 0.815. The Labute approximate surface area is 149 Å². The highest BCUT2D eigenvalue weighted by Crippen LogP contribution is 2.37. The van der Waals surface area contributed by atoms with Crippen LogP contribution in [-0.2, 0) is 20.8 Å². The zero-order valence-corrected chi connectivity index (χ0v) is 15.5. The maximum absolute atomic E-state index is 6.26. The van der Waals surface area contributed by atoms with Crippen molar-refractivity contribution < 1.29 is 14.2 Å². The van der Waals surface area contributed by atoms with Gasteiger partial charge in [-0.15, -0.1) is 11.3 Å². The molecule has 134 valence electrons. The summed E-state index contributed by atoms with van der Waals surface area (Å²) in [7, 11) is 0. The van der Waals surface area contributed by atoms with E-state index in [0.717, 1.165) is 71.7 Å². The van der Waals surface area contributed by atoms with Crippen molar-refractivity contribution in [1.82, 2.24) is 4.90 Å². The lowest BCUT2D eigenvalue weighted by atomic mass is 9.84. The first kappa shape index (κ1) is 17.0. The number of thiophene rings is 1. The highest BCUT2D eigenvalue weighted by Gasteiger charge is 2.47. The van der Waals surface area contributed by atoms with Crippen LogP contribution in [0.5, 0.6) is 0 Å². The fourth-order valence-electron chi connectivity index (χ4n) is 4.20. The summed E-state index contributed by atoms with van der Waals surface area (Å²) in [6.45, 7) is 8.92. The molecule has 4 nitrogen and oxygen atoms in total. The summed E-state index contributed by atoms with van der Waals surface area (Å²) in [4.78, 5) is 5.37. The molecule has 3 aliphatic rings. The molecule has 1 spiro atoms. The Morgan fingerprint density at radius 2 is 2.04 bits per heavy atom. The number of aryl methyl sites for hydroxylation is 1. The molecule has 4 heterocycles. The number of rotatable bonds is 5. The minimum atomic E-state index is 0.0604. The molecule has 0 amide bonds. The second-order valence-electron chi connectivity index (χ2n) is 7.69.